The highest BCUT2D eigenvalue weighted by Crippen LogP contribution is 2.24. The summed E-state index contributed by atoms with van der Waals surface area (Å²) in [6.45, 7) is 5.95. The van der Waals surface area contributed by atoms with Crippen molar-refractivity contribution >= 4 is 17.9 Å². The summed E-state index contributed by atoms with van der Waals surface area (Å²) >= 11 is 0. The predicted octanol–water partition coefficient (Wildman–Crippen LogP) is 3.10. The number of carbonyl (C=O) groups excluding carboxylic acids is 3. The molecule has 7 heteroatoms. The van der Waals surface area contributed by atoms with Gasteiger partial charge in [-0.1, -0.05) is 63.2 Å². The largest absolute Gasteiger partial charge is 0.482 e. The Morgan fingerprint density at radius 3 is 2.14 bits per heavy atom. The van der Waals surface area contributed by atoms with Gasteiger partial charge in [0.05, 0.1) is 0 Å². The van der Waals surface area contributed by atoms with Gasteiger partial charge in [0, 0.05) is 12.6 Å². The van der Waals surface area contributed by atoms with Crippen LogP contribution in [-0.4, -0.2) is 31.6 Å². The topological polar surface area (TPSA) is 93.7 Å². The van der Waals surface area contributed by atoms with Crippen LogP contribution in [0.15, 0.2) is 54.6 Å². The van der Waals surface area contributed by atoms with Crippen molar-refractivity contribution in [1.82, 2.24) is 10.6 Å². The van der Waals surface area contributed by atoms with Crippen molar-refractivity contribution in [2.45, 2.75) is 32.3 Å². The zero-order valence-electron chi connectivity index (χ0n) is 17.0. The van der Waals surface area contributed by atoms with Gasteiger partial charge in [0.2, 0.25) is 6.10 Å². The zero-order chi connectivity index (χ0) is 21.4. The van der Waals surface area contributed by atoms with Gasteiger partial charge in [0.1, 0.15) is 5.75 Å². The third-order valence-electron chi connectivity index (χ3n) is 4.13. The van der Waals surface area contributed by atoms with Crippen molar-refractivity contribution in [3.63, 3.8) is 0 Å². The molecule has 0 bridgehead atoms. The minimum Gasteiger partial charge on any atom is -0.482 e. The summed E-state index contributed by atoms with van der Waals surface area (Å²) in [7, 11) is 1.38. The van der Waals surface area contributed by atoms with Crippen LogP contribution in [0.1, 0.15) is 38.0 Å². The van der Waals surface area contributed by atoms with Crippen LogP contribution in [-0.2, 0) is 19.7 Å². The lowest BCUT2D eigenvalue weighted by atomic mass is 9.87. The van der Waals surface area contributed by atoms with E-state index >= 15 is 0 Å². The van der Waals surface area contributed by atoms with E-state index in [0.717, 1.165) is 5.56 Å². The van der Waals surface area contributed by atoms with Crippen LogP contribution < -0.4 is 15.4 Å². The molecule has 154 valence electrons. The number of hydrogen-bond donors (Lipinski definition) is 2. The van der Waals surface area contributed by atoms with Crippen molar-refractivity contribution in [2.75, 3.05) is 13.7 Å². The number of urea groups is 1. The van der Waals surface area contributed by atoms with Crippen molar-refractivity contribution < 1.29 is 23.9 Å². The number of amides is 3. The van der Waals surface area contributed by atoms with Crippen LogP contribution in [0.4, 0.5) is 4.79 Å². The third kappa shape index (κ3) is 6.64. The Hall–Kier alpha value is -3.35. The summed E-state index contributed by atoms with van der Waals surface area (Å²) in [6, 6.07) is 15.2. The van der Waals surface area contributed by atoms with E-state index in [2.05, 4.69) is 31.4 Å². The van der Waals surface area contributed by atoms with Gasteiger partial charge in [0.25, 0.3) is 5.91 Å². The van der Waals surface area contributed by atoms with Gasteiger partial charge < -0.3 is 14.8 Å². The highest BCUT2D eigenvalue weighted by molar-refractivity contribution is 5.97. The van der Waals surface area contributed by atoms with E-state index in [9.17, 15) is 14.4 Å². The first-order chi connectivity index (χ1) is 13.7. The van der Waals surface area contributed by atoms with Crippen molar-refractivity contribution in [2.24, 2.45) is 0 Å². The van der Waals surface area contributed by atoms with Gasteiger partial charge >= 0.3 is 12.0 Å². The molecule has 0 aliphatic rings. The molecule has 0 aliphatic heterocycles. The minimum absolute atomic E-state index is 0.0124. The molecule has 7 nitrogen and oxygen atoms in total. The smallest absolute Gasteiger partial charge is 0.345 e. The molecule has 0 unspecified atom stereocenters. The molecule has 3 amide bonds. The summed E-state index contributed by atoms with van der Waals surface area (Å²) in [5.74, 6) is -0.967. The number of esters is 1. The third-order valence-corrected chi connectivity index (χ3v) is 4.13. The second-order valence-corrected chi connectivity index (χ2v) is 7.41. The Balaban J connectivity index is 2.02. The van der Waals surface area contributed by atoms with Crippen LogP contribution in [0.25, 0.3) is 0 Å². The number of hydrogen-bond acceptors (Lipinski definition) is 5. The second kappa shape index (κ2) is 9.73. The van der Waals surface area contributed by atoms with Crippen molar-refractivity contribution in [3.05, 3.63) is 65.7 Å². The summed E-state index contributed by atoms with van der Waals surface area (Å²) in [5, 5.41) is 4.40. The van der Waals surface area contributed by atoms with Crippen LogP contribution in [0.5, 0.6) is 5.75 Å². The SMILES string of the molecule is CNC(=O)NC(=O)[C@H](OC(=O)COc1ccc(C(C)(C)C)cc1)c1ccccc1. The van der Waals surface area contributed by atoms with Gasteiger partial charge in [0.15, 0.2) is 6.61 Å². The number of nitrogens with one attached hydrogen (secondary N) is 2. The number of benzene rings is 2. The fraction of sp³-hybridized carbons (Fsp3) is 0.318. The summed E-state index contributed by atoms with van der Waals surface area (Å²) in [4.78, 5) is 36.1. The quantitative estimate of drug-likeness (QED) is 0.730. The van der Waals surface area contributed by atoms with Gasteiger partial charge in [-0.25, -0.2) is 9.59 Å². The monoisotopic (exact) mass is 398 g/mol. The number of carbonyl (C=O) groups is 3. The molecule has 0 saturated heterocycles. The molecule has 2 aromatic rings. The lowest BCUT2D eigenvalue weighted by Gasteiger charge is -2.19. The van der Waals surface area contributed by atoms with E-state index in [1.807, 2.05) is 12.1 Å². The molecule has 0 aliphatic carbocycles. The molecule has 0 aromatic heterocycles. The van der Waals surface area contributed by atoms with E-state index in [1.165, 1.54) is 7.05 Å². The standard InChI is InChI=1S/C22H26N2O5/c1-22(2,3)16-10-12-17(13-11-16)28-14-18(25)29-19(15-8-6-5-7-9-15)20(26)24-21(27)23-4/h5-13,19H,14H2,1-4H3,(H2,23,24,26,27)/t19-/m1/s1. The van der Waals surface area contributed by atoms with E-state index < -0.39 is 24.0 Å². The number of imide groups is 1. The summed E-state index contributed by atoms with van der Waals surface area (Å²) in [5.41, 5.74) is 1.60. The molecule has 0 heterocycles. The fourth-order valence-corrected chi connectivity index (χ4v) is 2.50. The minimum atomic E-state index is -1.27. The molecule has 2 rings (SSSR count). The Labute approximate surface area is 170 Å². The molecule has 0 saturated carbocycles. The molecule has 29 heavy (non-hydrogen) atoms. The Kier molecular flexibility index (Phi) is 7.36. The second-order valence-electron chi connectivity index (χ2n) is 7.41. The van der Waals surface area contributed by atoms with E-state index in [1.54, 1.807) is 42.5 Å². The maximum absolute atomic E-state index is 12.4. The fourth-order valence-electron chi connectivity index (χ4n) is 2.50. The highest BCUT2D eigenvalue weighted by atomic mass is 16.6. The summed E-state index contributed by atoms with van der Waals surface area (Å²) < 4.78 is 10.8. The Morgan fingerprint density at radius 2 is 1.59 bits per heavy atom. The lowest BCUT2D eigenvalue weighted by Crippen LogP contribution is -2.41. The van der Waals surface area contributed by atoms with Gasteiger partial charge in [-0.05, 0) is 23.1 Å². The zero-order valence-corrected chi connectivity index (χ0v) is 17.0. The van der Waals surface area contributed by atoms with Crippen molar-refractivity contribution in [1.29, 1.82) is 0 Å². The van der Waals surface area contributed by atoms with Crippen molar-refractivity contribution in [3.8, 4) is 5.75 Å². The van der Waals surface area contributed by atoms with E-state index in [0.29, 0.717) is 11.3 Å². The maximum Gasteiger partial charge on any atom is 0.345 e. The Morgan fingerprint density at radius 1 is 0.966 bits per heavy atom. The first kappa shape index (κ1) is 21.9. The molecule has 1 atom stereocenters. The first-order valence-corrected chi connectivity index (χ1v) is 9.21. The molecular formula is C22H26N2O5. The number of rotatable bonds is 6. The molecule has 0 fully saturated rings. The van der Waals surface area contributed by atoms with Gasteiger partial charge in [-0.15, -0.1) is 0 Å². The Bertz CT molecular complexity index is 842. The summed E-state index contributed by atoms with van der Waals surface area (Å²) in [6.07, 6.45) is -1.27. The molecule has 2 aromatic carbocycles. The maximum atomic E-state index is 12.4. The normalized spacial score (nSPS) is 11.9. The van der Waals surface area contributed by atoms with E-state index in [4.69, 9.17) is 9.47 Å². The highest BCUT2D eigenvalue weighted by Gasteiger charge is 2.26. The molecule has 0 radical (unpaired) electrons. The van der Waals surface area contributed by atoms with Gasteiger partial charge in [-0.2, -0.15) is 0 Å². The average Bonchev–Trinajstić information content (AvgIpc) is 2.70. The van der Waals surface area contributed by atoms with Crippen LogP contribution >= 0.6 is 0 Å². The molecule has 2 N–H and O–H groups in total. The molecular weight excluding hydrogens is 372 g/mol. The van der Waals surface area contributed by atoms with E-state index in [-0.39, 0.29) is 12.0 Å². The predicted molar refractivity (Wildman–Crippen MR) is 109 cm³/mol. The van der Waals surface area contributed by atoms with Gasteiger partial charge in [-0.3, -0.25) is 10.1 Å². The number of ether oxygens (including phenoxy) is 2. The molecule has 0 spiro atoms. The first-order valence-electron chi connectivity index (χ1n) is 9.21. The lowest BCUT2D eigenvalue weighted by molar-refractivity contribution is -0.158. The van der Waals surface area contributed by atoms with Crippen LogP contribution in [0.3, 0.4) is 0 Å². The van der Waals surface area contributed by atoms with Crippen LogP contribution in [0.2, 0.25) is 0 Å². The van der Waals surface area contributed by atoms with Crippen LogP contribution in [0, 0.1) is 0 Å². The average molecular weight is 398 g/mol.